The third-order valence-electron chi connectivity index (χ3n) is 6.97. The predicted octanol–water partition coefficient (Wildman–Crippen LogP) is 4.85. The number of benzene rings is 1. The first kappa shape index (κ1) is 21.7. The Morgan fingerprint density at radius 2 is 1.97 bits per heavy atom. The quantitative estimate of drug-likeness (QED) is 0.427. The van der Waals surface area contributed by atoms with Crippen molar-refractivity contribution in [2.75, 3.05) is 6.61 Å². The largest absolute Gasteiger partial charge is 0.373 e. The Labute approximate surface area is 201 Å². The van der Waals surface area contributed by atoms with Crippen LogP contribution in [-0.4, -0.2) is 25.8 Å². The first-order chi connectivity index (χ1) is 17.0. The van der Waals surface area contributed by atoms with Crippen LogP contribution in [0.15, 0.2) is 53.7 Å². The van der Waals surface area contributed by atoms with E-state index in [9.17, 15) is 4.79 Å². The van der Waals surface area contributed by atoms with Crippen LogP contribution in [-0.2, 0) is 4.74 Å². The molecule has 2 fully saturated rings. The lowest BCUT2D eigenvalue weighted by Crippen LogP contribution is -2.21. The first-order valence-electron chi connectivity index (χ1n) is 11.9. The van der Waals surface area contributed by atoms with Gasteiger partial charge in [0.2, 0.25) is 0 Å². The number of aryl methyl sites for hydroxylation is 1. The number of pyridine rings is 1. The lowest BCUT2D eigenvalue weighted by Gasteiger charge is -2.30. The number of halogens is 1. The van der Waals surface area contributed by atoms with Gasteiger partial charge in [-0.1, -0.05) is 0 Å². The zero-order valence-corrected chi connectivity index (χ0v) is 19.3. The van der Waals surface area contributed by atoms with Gasteiger partial charge in [0.25, 0.3) is 5.56 Å². The van der Waals surface area contributed by atoms with Crippen molar-refractivity contribution in [3.05, 3.63) is 87.5 Å². The summed E-state index contributed by atoms with van der Waals surface area (Å²) >= 11 is 0. The fraction of sp³-hybridized carbons (Fsp3) is 0.333. The Morgan fingerprint density at radius 1 is 1.11 bits per heavy atom. The molecule has 7 nitrogen and oxygen atoms in total. The zero-order chi connectivity index (χ0) is 24.1. The number of aromatic nitrogens is 4. The molecule has 176 valence electrons. The second kappa shape index (κ2) is 8.43. The van der Waals surface area contributed by atoms with Crippen LogP contribution in [0, 0.1) is 24.1 Å². The summed E-state index contributed by atoms with van der Waals surface area (Å²) in [5.41, 5.74) is 3.85. The van der Waals surface area contributed by atoms with E-state index in [4.69, 9.17) is 10.00 Å². The Kier molecular flexibility index (Phi) is 5.23. The van der Waals surface area contributed by atoms with E-state index in [-0.39, 0.29) is 23.1 Å². The molecule has 0 spiro atoms. The summed E-state index contributed by atoms with van der Waals surface area (Å²) in [6.45, 7) is 2.34. The van der Waals surface area contributed by atoms with Gasteiger partial charge in [-0.2, -0.15) is 10.4 Å². The highest BCUT2D eigenvalue weighted by Crippen LogP contribution is 2.40. The van der Waals surface area contributed by atoms with Crippen molar-refractivity contribution in [2.24, 2.45) is 0 Å². The van der Waals surface area contributed by atoms with Gasteiger partial charge in [-0.15, -0.1) is 0 Å². The summed E-state index contributed by atoms with van der Waals surface area (Å²) in [5.74, 6) is -0.396. The third kappa shape index (κ3) is 4.02. The van der Waals surface area contributed by atoms with Crippen molar-refractivity contribution in [1.29, 1.82) is 5.26 Å². The van der Waals surface area contributed by atoms with Gasteiger partial charge >= 0.3 is 0 Å². The van der Waals surface area contributed by atoms with Crippen molar-refractivity contribution in [1.82, 2.24) is 19.2 Å². The van der Waals surface area contributed by atoms with Crippen LogP contribution in [0.1, 0.15) is 66.1 Å². The van der Waals surface area contributed by atoms with Crippen LogP contribution in [0.5, 0.6) is 0 Å². The molecule has 3 aromatic heterocycles. The number of ether oxygens (including phenoxy) is 1. The summed E-state index contributed by atoms with van der Waals surface area (Å²) in [6.07, 6.45) is 9.59. The molecule has 6 rings (SSSR count). The summed E-state index contributed by atoms with van der Waals surface area (Å²) in [4.78, 5) is 17.5. The minimum absolute atomic E-state index is 0.0834. The highest BCUT2D eigenvalue weighted by atomic mass is 19.1. The molecule has 1 aromatic carbocycles. The molecule has 0 bridgehead atoms. The highest BCUT2D eigenvalue weighted by molar-refractivity contribution is 5.79. The molecule has 0 N–H and O–H groups in total. The molecule has 1 saturated carbocycles. The number of rotatable bonds is 4. The Morgan fingerprint density at radius 3 is 2.74 bits per heavy atom. The fourth-order valence-corrected chi connectivity index (χ4v) is 4.95. The van der Waals surface area contributed by atoms with E-state index in [1.807, 2.05) is 29.2 Å². The van der Waals surface area contributed by atoms with Crippen LogP contribution in [0.25, 0.3) is 16.8 Å². The predicted molar refractivity (Wildman–Crippen MR) is 127 cm³/mol. The monoisotopic (exact) mass is 469 g/mol. The zero-order valence-electron chi connectivity index (χ0n) is 19.3. The molecular formula is C27H24FN5O2. The molecular weight excluding hydrogens is 445 g/mol. The maximum absolute atomic E-state index is 15.1. The molecule has 4 heterocycles. The Balaban J connectivity index is 1.43. The fourth-order valence-electron chi connectivity index (χ4n) is 4.95. The molecule has 8 heteroatoms. The van der Waals surface area contributed by atoms with Crippen LogP contribution in [0.2, 0.25) is 0 Å². The number of fused-ring (bicyclic) bond motifs is 1. The lowest BCUT2D eigenvalue weighted by molar-refractivity contribution is 0.00516. The average Bonchev–Trinajstić information content (AvgIpc) is 3.60. The van der Waals surface area contributed by atoms with Crippen molar-refractivity contribution in [2.45, 2.75) is 50.7 Å². The first-order valence-corrected chi connectivity index (χ1v) is 11.9. The van der Waals surface area contributed by atoms with Crippen LogP contribution < -0.4 is 5.56 Å². The van der Waals surface area contributed by atoms with Gasteiger partial charge in [0, 0.05) is 47.5 Å². The highest BCUT2D eigenvalue weighted by Gasteiger charge is 2.30. The van der Waals surface area contributed by atoms with E-state index < -0.39 is 5.82 Å². The van der Waals surface area contributed by atoms with E-state index in [1.165, 1.54) is 29.4 Å². The third-order valence-corrected chi connectivity index (χ3v) is 6.97. The SMILES string of the molecule is Cc1cc(=O)n2cc(C3CCOC(c4cnn(C5CC5)c4)C3)cc(-c3ccc(C#N)cc3F)c2n1. The smallest absolute Gasteiger partial charge is 0.258 e. The van der Waals surface area contributed by atoms with Gasteiger partial charge in [0.05, 0.1) is 30.0 Å². The second-order valence-corrected chi connectivity index (χ2v) is 9.49. The van der Waals surface area contributed by atoms with Gasteiger partial charge < -0.3 is 4.74 Å². The van der Waals surface area contributed by atoms with Crippen molar-refractivity contribution in [3.63, 3.8) is 0 Å². The topological polar surface area (TPSA) is 85.2 Å². The number of nitrogens with zero attached hydrogens (tertiary/aromatic N) is 5. The summed E-state index contributed by atoms with van der Waals surface area (Å²) in [6, 6.07) is 10.3. The van der Waals surface area contributed by atoms with E-state index >= 15 is 4.39 Å². The van der Waals surface area contributed by atoms with Crippen LogP contribution in [0.4, 0.5) is 4.39 Å². The maximum atomic E-state index is 15.1. The molecule has 1 saturated heterocycles. The van der Waals surface area contributed by atoms with Gasteiger partial charge in [0.1, 0.15) is 11.5 Å². The van der Waals surface area contributed by atoms with Gasteiger partial charge in [0.15, 0.2) is 0 Å². The van der Waals surface area contributed by atoms with E-state index in [0.717, 1.165) is 24.0 Å². The second-order valence-electron chi connectivity index (χ2n) is 9.49. The van der Waals surface area contributed by atoms with Gasteiger partial charge in [-0.05, 0) is 68.4 Å². The summed E-state index contributed by atoms with van der Waals surface area (Å²) < 4.78 is 24.7. The molecule has 0 radical (unpaired) electrons. The Bertz CT molecular complexity index is 1550. The Hall–Kier alpha value is -3.83. The van der Waals surface area contributed by atoms with Crippen LogP contribution >= 0.6 is 0 Å². The molecule has 35 heavy (non-hydrogen) atoms. The molecule has 1 aliphatic heterocycles. The average molecular weight is 470 g/mol. The minimum Gasteiger partial charge on any atom is -0.373 e. The number of hydrogen-bond acceptors (Lipinski definition) is 5. The van der Waals surface area contributed by atoms with E-state index in [1.54, 1.807) is 19.1 Å². The summed E-state index contributed by atoms with van der Waals surface area (Å²) in [5, 5.41) is 13.7. The number of nitriles is 1. The molecule has 0 amide bonds. The van der Waals surface area contributed by atoms with Crippen molar-refractivity contribution >= 4 is 5.65 Å². The standard InChI is InChI=1S/C27H24FN5O2/c1-16-8-26(34)32-14-19(10-23(27(32)31-16)22-5-2-17(12-29)9-24(22)28)18-6-7-35-25(11-18)20-13-30-33(15-20)21-3-4-21/h2,5,8-10,13-15,18,21,25H,3-4,6-7,11H2,1H3. The van der Waals surface area contributed by atoms with Gasteiger partial charge in [-0.25, -0.2) is 9.37 Å². The van der Waals surface area contributed by atoms with Crippen LogP contribution in [0.3, 0.4) is 0 Å². The van der Waals surface area contributed by atoms with Crippen molar-refractivity contribution in [3.8, 4) is 17.2 Å². The van der Waals surface area contributed by atoms with E-state index in [2.05, 4.69) is 16.3 Å². The minimum atomic E-state index is -0.517. The van der Waals surface area contributed by atoms with Gasteiger partial charge in [-0.3, -0.25) is 13.9 Å². The molecule has 2 unspecified atom stereocenters. The van der Waals surface area contributed by atoms with Crippen molar-refractivity contribution < 1.29 is 9.13 Å². The van der Waals surface area contributed by atoms with E-state index in [0.29, 0.717) is 35.1 Å². The molecule has 2 atom stereocenters. The summed E-state index contributed by atoms with van der Waals surface area (Å²) in [7, 11) is 0. The normalized spacial score (nSPS) is 20.1. The lowest BCUT2D eigenvalue weighted by atomic mass is 9.86. The molecule has 4 aromatic rings. The maximum Gasteiger partial charge on any atom is 0.258 e. The molecule has 1 aliphatic carbocycles. The molecule has 2 aliphatic rings. The number of hydrogen-bond donors (Lipinski definition) is 0.